The zero-order valence-electron chi connectivity index (χ0n) is 15.6. The molecule has 0 bridgehead atoms. The third-order valence-corrected chi connectivity index (χ3v) is 6.22. The molecule has 0 aliphatic carbocycles. The predicted octanol–water partition coefficient (Wildman–Crippen LogP) is 4.73. The Kier molecular flexibility index (Phi) is 6.25. The summed E-state index contributed by atoms with van der Waals surface area (Å²) >= 11 is 7.58. The van der Waals surface area contributed by atoms with E-state index in [0.29, 0.717) is 12.3 Å². The lowest BCUT2D eigenvalue weighted by Crippen LogP contribution is -2.32. The predicted molar refractivity (Wildman–Crippen MR) is 115 cm³/mol. The van der Waals surface area contributed by atoms with Gasteiger partial charge in [0.25, 0.3) is 0 Å². The van der Waals surface area contributed by atoms with E-state index in [1.807, 2.05) is 36.4 Å². The molecular formula is C22H23ClN2O2S. The molecule has 4 nitrogen and oxygen atoms in total. The van der Waals surface area contributed by atoms with E-state index in [-0.39, 0.29) is 12.0 Å². The Morgan fingerprint density at radius 2 is 2.04 bits per heavy atom. The Morgan fingerprint density at radius 1 is 1.21 bits per heavy atom. The largest absolute Gasteiger partial charge is 0.376 e. The SMILES string of the molecule is O=C(CSc1cn(Cc2ccc(Cl)cc2)c2ccccc12)NC[C@@H]1CCCO1. The van der Waals surface area contributed by atoms with Crippen LogP contribution in [0.2, 0.25) is 5.02 Å². The van der Waals surface area contributed by atoms with Gasteiger partial charge in [-0.1, -0.05) is 41.9 Å². The maximum absolute atomic E-state index is 12.2. The number of carbonyl (C=O) groups is 1. The second-order valence-electron chi connectivity index (χ2n) is 6.99. The molecule has 0 spiro atoms. The minimum Gasteiger partial charge on any atom is -0.376 e. The molecule has 4 rings (SSSR count). The van der Waals surface area contributed by atoms with E-state index in [0.717, 1.165) is 35.9 Å². The van der Waals surface area contributed by atoms with Crippen LogP contribution < -0.4 is 5.32 Å². The van der Waals surface area contributed by atoms with Crippen molar-refractivity contribution < 1.29 is 9.53 Å². The number of hydrogen-bond donors (Lipinski definition) is 1. The number of hydrogen-bond acceptors (Lipinski definition) is 3. The van der Waals surface area contributed by atoms with Crippen molar-refractivity contribution in [3.05, 3.63) is 65.3 Å². The summed E-state index contributed by atoms with van der Waals surface area (Å²) < 4.78 is 7.79. The molecule has 0 saturated carbocycles. The highest BCUT2D eigenvalue weighted by Gasteiger charge is 2.16. The van der Waals surface area contributed by atoms with Crippen molar-refractivity contribution in [3.63, 3.8) is 0 Å². The van der Waals surface area contributed by atoms with Gasteiger partial charge in [-0.25, -0.2) is 0 Å². The smallest absolute Gasteiger partial charge is 0.230 e. The van der Waals surface area contributed by atoms with Gasteiger partial charge in [0, 0.05) is 46.7 Å². The van der Waals surface area contributed by atoms with Crippen LogP contribution in [0.5, 0.6) is 0 Å². The first-order chi connectivity index (χ1) is 13.7. The first kappa shape index (κ1) is 19.4. The summed E-state index contributed by atoms with van der Waals surface area (Å²) in [5, 5.41) is 4.91. The van der Waals surface area contributed by atoms with Gasteiger partial charge in [-0.3, -0.25) is 4.79 Å². The molecule has 3 aromatic rings. The van der Waals surface area contributed by atoms with Crippen LogP contribution in [0.25, 0.3) is 10.9 Å². The van der Waals surface area contributed by atoms with Crippen LogP contribution in [0.4, 0.5) is 0 Å². The van der Waals surface area contributed by atoms with E-state index >= 15 is 0 Å². The van der Waals surface area contributed by atoms with Crippen LogP contribution in [-0.4, -0.2) is 35.5 Å². The maximum Gasteiger partial charge on any atom is 0.230 e. The normalized spacial score (nSPS) is 16.5. The number of fused-ring (bicyclic) bond motifs is 1. The van der Waals surface area contributed by atoms with E-state index in [9.17, 15) is 4.79 Å². The number of ether oxygens (including phenoxy) is 1. The molecule has 146 valence electrons. The Balaban J connectivity index is 1.43. The molecule has 1 aliphatic heterocycles. The summed E-state index contributed by atoms with van der Waals surface area (Å²) in [7, 11) is 0. The number of para-hydroxylation sites is 1. The fraction of sp³-hybridized carbons (Fsp3) is 0.318. The summed E-state index contributed by atoms with van der Waals surface area (Å²) in [5.74, 6) is 0.455. The minimum absolute atomic E-state index is 0.0510. The lowest BCUT2D eigenvalue weighted by molar-refractivity contribution is -0.119. The average molecular weight is 415 g/mol. The summed E-state index contributed by atoms with van der Waals surface area (Å²) in [6, 6.07) is 16.2. The summed E-state index contributed by atoms with van der Waals surface area (Å²) in [6.07, 6.45) is 4.43. The van der Waals surface area contributed by atoms with Crippen LogP contribution >= 0.6 is 23.4 Å². The molecule has 1 aromatic heterocycles. The van der Waals surface area contributed by atoms with Crippen molar-refractivity contribution in [2.45, 2.75) is 30.4 Å². The van der Waals surface area contributed by atoms with E-state index < -0.39 is 0 Å². The van der Waals surface area contributed by atoms with Crippen molar-refractivity contribution in [1.82, 2.24) is 9.88 Å². The fourth-order valence-electron chi connectivity index (χ4n) is 3.47. The van der Waals surface area contributed by atoms with Gasteiger partial charge in [-0.05, 0) is 36.6 Å². The standard InChI is InChI=1S/C22H23ClN2O2S/c23-17-9-7-16(8-10-17)13-25-14-21(19-5-1-2-6-20(19)25)28-15-22(26)24-12-18-4-3-11-27-18/h1-2,5-10,14,18H,3-4,11-13,15H2,(H,24,26)/t18-/m0/s1. The molecule has 2 heterocycles. The third kappa shape index (κ3) is 4.72. The molecule has 1 saturated heterocycles. The second-order valence-corrected chi connectivity index (χ2v) is 8.45. The van der Waals surface area contributed by atoms with E-state index in [1.54, 1.807) is 11.8 Å². The van der Waals surface area contributed by atoms with Crippen molar-refractivity contribution in [2.75, 3.05) is 18.9 Å². The van der Waals surface area contributed by atoms with Gasteiger partial charge in [-0.2, -0.15) is 0 Å². The number of aromatic nitrogens is 1. The molecule has 1 aliphatic rings. The highest BCUT2D eigenvalue weighted by atomic mass is 35.5. The molecule has 2 aromatic carbocycles. The number of amides is 1. The maximum atomic E-state index is 12.2. The molecule has 0 unspecified atom stereocenters. The van der Waals surface area contributed by atoms with Crippen LogP contribution in [-0.2, 0) is 16.1 Å². The minimum atomic E-state index is 0.0510. The molecule has 0 radical (unpaired) electrons. The van der Waals surface area contributed by atoms with E-state index in [2.05, 4.69) is 28.2 Å². The third-order valence-electron chi connectivity index (χ3n) is 4.93. The van der Waals surface area contributed by atoms with Gasteiger partial charge in [0.15, 0.2) is 0 Å². The van der Waals surface area contributed by atoms with Gasteiger partial charge >= 0.3 is 0 Å². The van der Waals surface area contributed by atoms with Crippen LogP contribution in [0, 0.1) is 0 Å². The summed E-state index contributed by atoms with van der Waals surface area (Å²) in [4.78, 5) is 13.4. The number of nitrogens with one attached hydrogen (secondary N) is 1. The molecular weight excluding hydrogens is 392 g/mol. The lowest BCUT2D eigenvalue weighted by atomic mass is 10.2. The van der Waals surface area contributed by atoms with Gasteiger partial charge in [-0.15, -0.1) is 11.8 Å². The quantitative estimate of drug-likeness (QED) is 0.568. The van der Waals surface area contributed by atoms with Gasteiger partial charge in [0.1, 0.15) is 0 Å². The van der Waals surface area contributed by atoms with Gasteiger partial charge in [0.05, 0.1) is 11.9 Å². The molecule has 1 N–H and O–H groups in total. The van der Waals surface area contributed by atoms with E-state index in [4.69, 9.17) is 16.3 Å². The summed E-state index contributed by atoms with van der Waals surface area (Å²) in [5.41, 5.74) is 2.36. The number of rotatable bonds is 7. The highest BCUT2D eigenvalue weighted by molar-refractivity contribution is 8.00. The molecule has 1 fully saturated rings. The zero-order valence-corrected chi connectivity index (χ0v) is 17.1. The number of carbonyl (C=O) groups excluding carboxylic acids is 1. The number of benzene rings is 2. The van der Waals surface area contributed by atoms with Crippen LogP contribution in [0.3, 0.4) is 0 Å². The van der Waals surface area contributed by atoms with Gasteiger partial charge in [0.2, 0.25) is 5.91 Å². The number of halogens is 1. The Hall–Kier alpha value is -1.95. The lowest BCUT2D eigenvalue weighted by Gasteiger charge is -2.10. The topological polar surface area (TPSA) is 43.3 Å². The first-order valence-corrected chi connectivity index (χ1v) is 10.9. The van der Waals surface area contributed by atoms with Crippen molar-refractivity contribution >= 4 is 40.2 Å². The number of nitrogens with zero attached hydrogens (tertiary/aromatic N) is 1. The fourth-order valence-corrected chi connectivity index (χ4v) is 4.52. The van der Waals surface area contributed by atoms with Crippen LogP contribution in [0.1, 0.15) is 18.4 Å². The van der Waals surface area contributed by atoms with Gasteiger partial charge < -0.3 is 14.6 Å². The molecule has 1 atom stereocenters. The van der Waals surface area contributed by atoms with Crippen molar-refractivity contribution in [2.24, 2.45) is 0 Å². The highest BCUT2D eigenvalue weighted by Crippen LogP contribution is 2.30. The Morgan fingerprint density at radius 3 is 2.82 bits per heavy atom. The first-order valence-electron chi connectivity index (χ1n) is 9.52. The summed E-state index contributed by atoms with van der Waals surface area (Å²) in [6.45, 7) is 2.18. The Labute approximate surface area is 174 Å². The second kappa shape index (κ2) is 9.03. The zero-order chi connectivity index (χ0) is 19.3. The average Bonchev–Trinajstić information content (AvgIpc) is 3.35. The van der Waals surface area contributed by atoms with Crippen molar-refractivity contribution in [3.8, 4) is 0 Å². The molecule has 1 amide bonds. The number of thioether (sulfide) groups is 1. The van der Waals surface area contributed by atoms with E-state index in [1.165, 1.54) is 16.5 Å². The van der Waals surface area contributed by atoms with Crippen LogP contribution in [0.15, 0.2) is 59.6 Å². The molecule has 6 heteroatoms. The molecule has 28 heavy (non-hydrogen) atoms. The Bertz CT molecular complexity index is 949. The van der Waals surface area contributed by atoms with Crippen molar-refractivity contribution in [1.29, 1.82) is 0 Å². The monoisotopic (exact) mass is 414 g/mol.